The number of benzene rings is 1. The summed E-state index contributed by atoms with van der Waals surface area (Å²) in [4.78, 5) is 10.9. The summed E-state index contributed by atoms with van der Waals surface area (Å²) in [6.07, 6.45) is 1.53. The number of aromatic carboxylic acids is 1. The van der Waals surface area contributed by atoms with Crippen LogP contribution in [0.25, 0.3) is 0 Å². The van der Waals surface area contributed by atoms with Gasteiger partial charge in [0.1, 0.15) is 17.4 Å². The molecule has 1 aliphatic rings. The van der Waals surface area contributed by atoms with Gasteiger partial charge in [-0.1, -0.05) is 0 Å². The van der Waals surface area contributed by atoms with Gasteiger partial charge in [-0.05, 0) is 32.0 Å². The van der Waals surface area contributed by atoms with Crippen molar-refractivity contribution < 1.29 is 23.8 Å². The average Bonchev–Trinajstić information content (AvgIpc) is 2.41. The zero-order valence-electron chi connectivity index (χ0n) is 10.6. The summed E-state index contributed by atoms with van der Waals surface area (Å²) >= 11 is 0. The van der Waals surface area contributed by atoms with E-state index in [0.717, 1.165) is 32.0 Å². The Morgan fingerprint density at radius 1 is 1.37 bits per heavy atom. The lowest BCUT2D eigenvalue weighted by Crippen LogP contribution is -2.34. The highest BCUT2D eigenvalue weighted by molar-refractivity contribution is 5.91. The molecule has 0 bridgehead atoms. The molecule has 0 spiro atoms. The molecule has 2 rings (SSSR count). The largest absolute Gasteiger partial charge is 0.496 e. The van der Waals surface area contributed by atoms with Crippen LogP contribution in [0.15, 0.2) is 12.1 Å². The van der Waals surface area contributed by atoms with Crippen LogP contribution in [-0.4, -0.2) is 37.4 Å². The van der Waals surface area contributed by atoms with Crippen LogP contribution in [0, 0.1) is 5.82 Å². The summed E-state index contributed by atoms with van der Waals surface area (Å²) in [5.41, 5.74) is -0.210. The van der Waals surface area contributed by atoms with E-state index in [1.807, 2.05) is 0 Å². The number of halogens is 1. The van der Waals surface area contributed by atoms with E-state index >= 15 is 0 Å². The van der Waals surface area contributed by atoms with Crippen molar-refractivity contribution in [2.75, 3.05) is 20.2 Å². The van der Waals surface area contributed by atoms with Crippen molar-refractivity contribution in [3.05, 3.63) is 23.5 Å². The molecule has 1 saturated heterocycles. The highest BCUT2D eigenvalue weighted by Gasteiger charge is 2.20. The van der Waals surface area contributed by atoms with E-state index in [4.69, 9.17) is 14.6 Å². The summed E-state index contributed by atoms with van der Waals surface area (Å²) in [6.45, 7) is 1.66. The molecule has 0 aliphatic carbocycles. The summed E-state index contributed by atoms with van der Waals surface area (Å²) in [5, 5.41) is 12.1. The van der Waals surface area contributed by atoms with E-state index < -0.39 is 11.8 Å². The molecule has 19 heavy (non-hydrogen) atoms. The van der Waals surface area contributed by atoms with Crippen molar-refractivity contribution in [1.82, 2.24) is 5.32 Å². The number of carbonyl (C=O) groups is 1. The molecule has 0 unspecified atom stereocenters. The molecule has 1 heterocycles. The van der Waals surface area contributed by atoms with E-state index in [1.165, 1.54) is 13.2 Å². The van der Waals surface area contributed by atoms with Gasteiger partial charge in [-0.15, -0.1) is 0 Å². The van der Waals surface area contributed by atoms with Crippen molar-refractivity contribution in [1.29, 1.82) is 0 Å². The van der Waals surface area contributed by atoms with Gasteiger partial charge in [0.15, 0.2) is 11.6 Å². The summed E-state index contributed by atoms with van der Waals surface area (Å²) in [5.74, 6) is -1.78. The first-order chi connectivity index (χ1) is 9.11. The quantitative estimate of drug-likeness (QED) is 0.870. The zero-order chi connectivity index (χ0) is 13.8. The molecular formula is C13H16FNO4. The van der Waals surface area contributed by atoms with Gasteiger partial charge >= 0.3 is 5.97 Å². The maximum Gasteiger partial charge on any atom is 0.339 e. The minimum atomic E-state index is -1.23. The van der Waals surface area contributed by atoms with Gasteiger partial charge in [0.25, 0.3) is 0 Å². The second kappa shape index (κ2) is 5.88. The van der Waals surface area contributed by atoms with Gasteiger partial charge in [0, 0.05) is 6.07 Å². The summed E-state index contributed by atoms with van der Waals surface area (Å²) in [6, 6.07) is 2.22. The molecule has 0 aromatic heterocycles. The molecule has 0 radical (unpaired) electrons. The van der Waals surface area contributed by atoms with Gasteiger partial charge in [-0.3, -0.25) is 0 Å². The first-order valence-corrected chi connectivity index (χ1v) is 6.10. The Morgan fingerprint density at radius 2 is 2.05 bits per heavy atom. The van der Waals surface area contributed by atoms with Gasteiger partial charge in [0.2, 0.25) is 0 Å². The number of piperidine rings is 1. The minimum Gasteiger partial charge on any atom is -0.496 e. The van der Waals surface area contributed by atoms with Crippen molar-refractivity contribution in [3.63, 3.8) is 0 Å². The van der Waals surface area contributed by atoms with Crippen molar-refractivity contribution in [3.8, 4) is 11.5 Å². The minimum absolute atomic E-state index is 0.0359. The van der Waals surface area contributed by atoms with Crippen LogP contribution >= 0.6 is 0 Å². The molecule has 104 valence electrons. The molecule has 1 aromatic carbocycles. The Kier molecular flexibility index (Phi) is 4.21. The molecule has 6 heteroatoms. The van der Waals surface area contributed by atoms with Gasteiger partial charge in [-0.2, -0.15) is 0 Å². The number of carboxylic acid groups (broad SMARTS) is 1. The molecule has 5 nitrogen and oxygen atoms in total. The molecule has 0 atom stereocenters. The highest BCUT2D eigenvalue weighted by Crippen LogP contribution is 2.29. The monoisotopic (exact) mass is 269 g/mol. The van der Waals surface area contributed by atoms with E-state index in [0.29, 0.717) is 0 Å². The fourth-order valence-corrected chi connectivity index (χ4v) is 2.05. The number of methoxy groups -OCH3 is 1. The number of hydrogen-bond donors (Lipinski definition) is 2. The van der Waals surface area contributed by atoms with E-state index in [-0.39, 0.29) is 23.2 Å². The van der Waals surface area contributed by atoms with Crippen LogP contribution in [0.3, 0.4) is 0 Å². The molecule has 1 aliphatic heterocycles. The average molecular weight is 269 g/mol. The standard InChI is InChI=1S/C13H16FNO4/c1-18-11-7-12(10(14)6-9(11)13(16)17)19-8-2-4-15-5-3-8/h6-8,15H,2-5H2,1H3,(H,16,17). The number of carboxylic acids is 1. The Bertz CT molecular complexity index is 472. The van der Waals surface area contributed by atoms with Gasteiger partial charge in [-0.25, -0.2) is 9.18 Å². The summed E-state index contributed by atoms with van der Waals surface area (Å²) < 4.78 is 24.3. The SMILES string of the molecule is COc1cc(OC2CCNCC2)c(F)cc1C(=O)O. The normalized spacial score (nSPS) is 16.1. The molecule has 1 aromatic rings. The third-order valence-electron chi connectivity index (χ3n) is 3.06. The summed E-state index contributed by atoms with van der Waals surface area (Å²) in [7, 11) is 1.34. The predicted octanol–water partition coefficient (Wildman–Crippen LogP) is 1.66. The van der Waals surface area contributed by atoms with Crippen LogP contribution < -0.4 is 14.8 Å². The molecule has 0 amide bonds. The number of ether oxygens (including phenoxy) is 2. The van der Waals surface area contributed by atoms with E-state index in [1.54, 1.807) is 0 Å². The predicted molar refractivity (Wildman–Crippen MR) is 66.4 cm³/mol. The third-order valence-corrected chi connectivity index (χ3v) is 3.06. The lowest BCUT2D eigenvalue weighted by molar-refractivity contribution is 0.0692. The fraction of sp³-hybridized carbons (Fsp3) is 0.462. The molecule has 1 fully saturated rings. The second-order valence-corrected chi connectivity index (χ2v) is 4.36. The van der Waals surface area contributed by atoms with Gasteiger partial charge < -0.3 is 19.9 Å². The maximum absolute atomic E-state index is 13.8. The molecule has 0 saturated carbocycles. The Hall–Kier alpha value is -1.82. The Balaban J connectivity index is 2.22. The smallest absolute Gasteiger partial charge is 0.339 e. The van der Waals surface area contributed by atoms with Crippen molar-refractivity contribution in [2.45, 2.75) is 18.9 Å². The number of rotatable bonds is 4. The van der Waals surface area contributed by atoms with Gasteiger partial charge in [0.05, 0.1) is 7.11 Å². The first kappa shape index (κ1) is 13.6. The van der Waals surface area contributed by atoms with Crippen molar-refractivity contribution >= 4 is 5.97 Å². The van der Waals surface area contributed by atoms with Crippen LogP contribution in [-0.2, 0) is 0 Å². The molecule has 2 N–H and O–H groups in total. The third kappa shape index (κ3) is 3.14. The molecular weight excluding hydrogens is 253 g/mol. The highest BCUT2D eigenvalue weighted by atomic mass is 19.1. The number of hydrogen-bond acceptors (Lipinski definition) is 4. The van der Waals surface area contributed by atoms with Crippen LogP contribution in [0.5, 0.6) is 11.5 Å². The number of nitrogens with one attached hydrogen (secondary N) is 1. The second-order valence-electron chi connectivity index (χ2n) is 4.36. The van der Waals surface area contributed by atoms with E-state index in [9.17, 15) is 9.18 Å². The van der Waals surface area contributed by atoms with Crippen LogP contribution in [0.2, 0.25) is 0 Å². The fourth-order valence-electron chi connectivity index (χ4n) is 2.05. The lowest BCUT2D eigenvalue weighted by atomic mass is 10.1. The van der Waals surface area contributed by atoms with Crippen LogP contribution in [0.1, 0.15) is 23.2 Å². The Morgan fingerprint density at radius 3 is 2.63 bits per heavy atom. The topological polar surface area (TPSA) is 67.8 Å². The van der Waals surface area contributed by atoms with E-state index in [2.05, 4.69) is 5.32 Å². The maximum atomic E-state index is 13.8. The van der Waals surface area contributed by atoms with Crippen LogP contribution in [0.4, 0.5) is 4.39 Å². The Labute approximate surface area is 110 Å². The first-order valence-electron chi connectivity index (χ1n) is 6.10. The zero-order valence-corrected chi connectivity index (χ0v) is 10.6. The van der Waals surface area contributed by atoms with Crippen molar-refractivity contribution in [2.24, 2.45) is 0 Å². The lowest BCUT2D eigenvalue weighted by Gasteiger charge is -2.24.